The second-order valence-electron chi connectivity index (χ2n) is 3.20. The Labute approximate surface area is 106 Å². The lowest BCUT2D eigenvalue weighted by atomic mass is 10.1. The van der Waals surface area contributed by atoms with E-state index in [2.05, 4.69) is 4.74 Å². The van der Waals surface area contributed by atoms with E-state index in [-0.39, 0.29) is 23.8 Å². The van der Waals surface area contributed by atoms with E-state index in [0.29, 0.717) is 0 Å². The topological polar surface area (TPSA) is 35.5 Å². The van der Waals surface area contributed by atoms with E-state index in [9.17, 15) is 18.0 Å². The molecular formula is C11H10ClF3O3. The van der Waals surface area contributed by atoms with Crippen LogP contribution >= 0.6 is 11.6 Å². The van der Waals surface area contributed by atoms with Crippen LogP contribution in [0.5, 0.6) is 11.5 Å². The van der Waals surface area contributed by atoms with Crippen molar-refractivity contribution in [3.63, 3.8) is 0 Å². The van der Waals surface area contributed by atoms with Crippen molar-refractivity contribution >= 4 is 17.4 Å². The minimum Gasteiger partial charge on any atom is -0.493 e. The van der Waals surface area contributed by atoms with Gasteiger partial charge in [0.2, 0.25) is 0 Å². The van der Waals surface area contributed by atoms with Gasteiger partial charge in [0, 0.05) is 0 Å². The fraction of sp³-hybridized carbons (Fsp3) is 0.364. The number of Topliss-reactive ketones (excluding diaryl/α,β-unsaturated/α-hetero) is 1. The predicted molar refractivity (Wildman–Crippen MR) is 59.3 cm³/mol. The van der Waals surface area contributed by atoms with Crippen LogP contribution in [0, 0.1) is 0 Å². The Morgan fingerprint density at radius 1 is 1.39 bits per heavy atom. The third kappa shape index (κ3) is 4.10. The van der Waals surface area contributed by atoms with Crippen molar-refractivity contribution < 1.29 is 27.4 Å². The first-order chi connectivity index (χ1) is 8.37. The van der Waals surface area contributed by atoms with Crippen LogP contribution in [0.25, 0.3) is 0 Å². The van der Waals surface area contributed by atoms with Crippen LogP contribution in [-0.4, -0.2) is 24.6 Å². The summed E-state index contributed by atoms with van der Waals surface area (Å²) in [4.78, 5) is 11.5. The summed E-state index contributed by atoms with van der Waals surface area (Å²) in [6.45, 7) is 1.97. The highest BCUT2D eigenvalue weighted by Gasteiger charge is 2.31. The fourth-order valence-corrected chi connectivity index (χ4v) is 1.42. The maximum Gasteiger partial charge on any atom is 0.573 e. The Morgan fingerprint density at radius 3 is 2.56 bits per heavy atom. The molecule has 0 aromatic heterocycles. The second-order valence-corrected chi connectivity index (χ2v) is 3.46. The van der Waals surface area contributed by atoms with Crippen LogP contribution in [0.2, 0.25) is 0 Å². The fourth-order valence-electron chi connectivity index (χ4n) is 1.28. The van der Waals surface area contributed by atoms with Crippen molar-refractivity contribution in [3.8, 4) is 11.5 Å². The molecule has 0 N–H and O–H groups in total. The number of hydrogen-bond donors (Lipinski definition) is 0. The Hall–Kier alpha value is -1.43. The molecule has 0 atom stereocenters. The molecule has 0 aliphatic heterocycles. The van der Waals surface area contributed by atoms with E-state index in [1.807, 2.05) is 0 Å². The summed E-state index contributed by atoms with van der Waals surface area (Å²) in [5, 5.41) is 0. The maximum atomic E-state index is 12.0. The number of ether oxygens (including phenoxy) is 2. The molecule has 0 aliphatic carbocycles. The predicted octanol–water partition coefficient (Wildman–Crippen LogP) is 3.41. The zero-order valence-electron chi connectivity index (χ0n) is 9.38. The molecule has 1 aromatic carbocycles. The largest absolute Gasteiger partial charge is 0.573 e. The molecule has 3 nitrogen and oxygen atoms in total. The quantitative estimate of drug-likeness (QED) is 0.613. The van der Waals surface area contributed by atoms with Gasteiger partial charge in [0.1, 0.15) is 11.5 Å². The van der Waals surface area contributed by atoms with Crippen LogP contribution in [-0.2, 0) is 0 Å². The van der Waals surface area contributed by atoms with E-state index < -0.39 is 17.9 Å². The van der Waals surface area contributed by atoms with Gasteiger partial charge in [-0.25, -0.2) is 0 Å². The van der Waals surface area contributed by atoms with Gasteiger partial charge in [-0.3, -0.25) is 4.79 Å². The van der Waals surface area contributed by atoms with E-state index in [4.69, 9.17) is 16.3 Å². The Balaban J connectivity index is 3.08. The first-order valence-corrected chi connectivity index (χ1v) is 5.52. The van der Waals surface area contributed by atoms with Crippen LogP contribution in [0.1, 0.15) is 17.3 Å². The van der Waals surface area contributed by atoms with Crippen molar-refractivity contribution in [2.24, 2.45) is 0 Å². The zero-order valence-corrected chi connectivity index (χ0v) is 10.1. The minimum absolute atomic E-state index is 0.0337. The minimum atomic E-state index is -4.81. The molecule has 0 heterocycles. The average molecular weight is 283 g/mol. The van der Waals surface area contributed by atoms with Crippen LogP contribution in [0.4, 0.5) is 13.2 Å². The highest BCUT2D eigenvalue weighted by Crippen LogP contribution is 2.29. The van der Waals surface area contributed by atoms with Crippen molar-refractivity contribution in [3.05, 3.63) is 23.8 Å². The summed E-state index contributed by atoms with van der Waals surface area (Å²) < 4.78 is 45.0. The van der Waals surface area contributed by atoms with Gasteiger partial charge >= 0.3 is 6.36 Å². The molecule has 7 heteroatoms. The normalized spacial score (nSPS) is 11.2. The Bertz CT molecular complexity index is 432. The van der Waals surface area contributed by atoms with Crippen LogP contribution < -0.4 is 9.47 Å². The van der Waals surface area contributed by atoms with E-state index in [1.54, 1.807) is 6.92 Å². The number of ketones is 1. The molecule has 1 aromatic rings. The van der Waals surface area contributed by atoms with Gasteiger partial charge in [-0.15, -0.1) is 24.8 Å². The number of hydrogen-bond acceptors (Lipinski definition) is 3. The zero-order chi connectivity index (χ0) is 13.8. The first-order valence-electron chi connectivity index (χ1n) is 4.99. The third-order valence-corrected chi connectivity index (χ3v) is 2.15. The van der Waals surface area contributed by atoms with Crippen LogP contribution in [0.3, 0.4) is 0 Å². The summed E-state index contributed by atoms with van der Waals surface area (Å²) in [7, 11) is 0. The van der Waals surface area contributed by atoms with Crippen molar-refractivity contribution in [1.29, 1.82) is 0 Å². The van der Waals surface area contributed by atoms with Gasteiger partial charge in [-0.2, -0.15) is 0 Å². The van der Waals surface area contributed by atoms with Gasteiger partial charge in [0.15, 0.2) is 5.78 Å². The third-order valence-electron chi connectivity index (χ3n) is 1.91. The molecule has 18 heavy (non-hydrogen) atoms. The molecule has 0 bridgehead atoms. The molecule has 1 rings (SSSR count). The molecule has 0 spiro atoms. The molecule has 0 radical (unpaired) electrons. The van der Waals surface area contributed by atoms with Crippen molar-refractivity contribution in [2.75, 3.05) is 12.5 Å². The molecule has 0 saturated carbocycles. The van der Waals surface area contributed by atoms with E-state index >= 15 is 0 Å². The molecule has 0 unspecified atom stereocenters. The highest BCUT2D eigenvalue weighted by atomic mass is 35.5. The molecular weight excluding hydrogens is 273 g/mol. The molecule has 0 fully saturated rings. The van der Waals surface area contributed by atoms with Gasteiger partial charge in [-0.1, -0.05) is 0 Å². The van der Waals surface area contributed by atoms with E-state index in [0.717, 1.165) is 12.1 Å². The average Bonchev–Trinajstić information content (AvgIpc) is 2.28. The molecule has 100 valence electrons. The number of halogens is 4. The smallest absolute Gasteiger partial charge is 0.493 e. The summed E-state index contributed by atoms with van der Waals surface area (Å²) in [5.41, 5.74) is -0.0337. The summed E-state index contributed by atoms with van der Waals surface area (Å²) in [6, 6.07) is 3.27. The summed E-state index contributed by atoms with van der Waals surface area (Å²) in [5.74, 6) is -1.19. The number of carbonyl (C=O) groups excluding carboxylic acids is 1. The van der Waals surface area contributed by atoms with Gasteiger partial charge < -0.3 is 9.47 Å². The SMILES string of the molecule is CCOc1ccc(OC(F)(F)F)cc1C(=O)CCl. The second kappa shape index (κ2) is 5.95. The van der Waals surface area contributed by atoms with Gasteiger partial charge in [0.05, 0.1) is 18.1 Å². The number of benzene rings is 1. The standard InChI is InChI=1S/C11H10ClF3O3/c1-2-17-10-4-3-7(18-11(13,14)15)5-8(10)9(16)6-12/h3-5H,2,6H2,1H3. The number of alkyl halides is 4. The van der Waals surface area contributed by atoms with Crippen LogP contribution in [0.15, 0.2) is 18.2 Å². The number of rotatable bonds is 5. The lowest BCUT2D eigenvalue weighted by Crippen LogP contribution is -2.17. The van der Waals surface area contributed by atoms with Gasteiger partial charge in [-0.05, 0) is 25.1 Å². The van der Waals surface area contributed by atoms with Gasteiger partial charge in [0.25, 0.3) is 0 Å². The number of carbonyl (C=O) groups is 1. The monoisotopic (exact) mass is 282 g/mol. The van der Waals surface area contributed by atoms with E-state index in [1.165, 1.54) is 6.07 Å². The van der Waals surface area contributed by atoms with Crippen molar-refractivity contribution in [1.82, 2.24) is 0 Å². The molecule has 0 amide bonds. The summed E-state index contributed by atoms with van der Waals surface area (Å²) >= 11 is 5.38. The Kier molecular flexibility index (Phi) is 4.84. The summed E-state index contributed by atoms with van der Waals surface area (Å²) in [6.07, 6.45) is -4.81. The highest BCUT2D eigenvalue weighted by molar-refractivity contribution is 6.30. The lowest BCUT2D eigenvalue weighted by Gasteiger charge is -2.12. The molecule has 0 saturated heterocycles. The Morgan fingerprint density at radius 2 is 2.06 bits per heavy atom. The maximum absolute atomic E-state index is 12.0. The molecule has 0 aliphatic rings. The first kappa shape index (κ1) is 14.6. The van der Waals surface area contributed by atoms with Crippen molar-refractivity contribution in [2.45, 2.75) is 13.3 Å². The lowest BCUT2D eigenvalue weighted by molar-refractivity contribution is -0.274.